The third-order valence-corrected chi connectivity index (χ3v) is 5.03. The molecular weight excluding hydrogens is 437 g/mol. The van der Waals surface area contributed by atoms with E-state index in [4.69, 9.17) is 9.98 Å². The Morgan fingerprint density at radius 1 is 1.00 bits per heavy atom. The van der Waals surface area contributed by atoms with Crippen molar-refractivity contribution in [3.05, 3.63) is 48.0 Å². The highest BCUT2D eigenvalue weighted by molar-refractivity contribution is 14.0. The molecule has 1 saturated heterocycles. The quantitative estimate of drug-likeness (QED) is 0.418. The van der Waals surface area contributed by atoms with Crippen molar-refractivity contribution < 1.29 is 0 Å². The van der Waals surface area contributed by atoms with E-state index < -0.39 is 0 Å². The number of guanidine groups is 1. The fraction of sp³-hybridized carbons (Fsp3) is 0.500. The maximum absolute atomic E-state index is 4.91. The number of likely N-dealkylation sites (tertiary alicyclic amines) is 1. The van der Waals surface area contributed by atoms with Crippen molar-refractivity contribution in [3.8, 4) is 0 Å². The molecule has 4 rings (SSSR count). The molecule has 1 N–H and O–H groups in total. The number of anilines is 1. The molecule has 5 nitrogen and oxygen atoms in total. The summed E-state index contributed by atoms with van der Waals surface area (Å²) in [4.78, 5) is 12.1. The Labute approximate surface area is 172 Å². The van der Waals surface area contributed by atoms with Crippen molar-refractivity contribution in [2.75, 3.05) is 18.4 Å². The summed E-state index contributed by atoms with van der Waals surface area (Å²) in [5.74, 6) is 2.21. The number of aryl methyl sites for hydroxylation is 2. The number of nitrogens with one attached hydrogen (secondary N) is 1. The van der Waals surface area contributed by atoms with E-state index in [0.29, 0.717) is 6.54 Å². The number of piperidine rings is 1. The van der Waals surface area contributed by atoms with Crippen molar-refractivity contribution >= 4 is 35.6 Å². The van der Waals surface area contributed by atoms with Crippen LogP contribution in [0.1, 0.15) is 43.6 Å². The van der Waals surface area contributed by atoms with Gasteiger partial charge in [-0.25, -0.2) is 9.98 Å². The van der Waals surface area contributed by atoms with Crippen molar-refractivity contribution in [2.45, 2.75) is 51.6 Å². The molecule has 3 heterocycles. The van der Waals surface area contributed by atoms with E-state index in [9.17, 15) is 0 Å². The van der Waals surface area contributed by atoms with Crippen LogP contribution in [0, 0.1) is 0 Å². The number of imidazole rings is 1. The van der Waals surface area contributed by atoms with Gasteiger partial charge < -0.3 is 14.8 Å². The van der Waals surface area contributed by atoms with Gasteiger partial charge in [-0.15, -0.1) is 24.0 Å². The molecule has 6 heteroatoms. The van der Waals surface area contributed by atoms with Gasteiger partial charge in [-0.1, -0.05) is 18.2 Å². The van der Waals surface area contributed by atoms with Gasteiger partial charge in [-0.2, -0.15) is 0 Å². The van der Waals surface area contributed by atoms with E-state index in [0.717, 1.165) is 43.4 Å². The highest BCUT2D eigenvalue weighted by Crippen LogP contribution is 2.16. The second-order valence-corrected chi connectivity index (χ2v) is 6.98. The minimum atomic E-state index is 0. The van der Waals surface area contributed by atoms with Crippen molar-refractivity contribution in [2.24, 2.45) is 4.99 Å². The van der Waals surface area contributed by atoms with Crippen LogP contribution >= 0.6 is 24.0 Å². The molecule has 2 aliphatic heterocycles. The monoisotopic (exact) mass is 465 g/mol. The normalized spacial score (nSPS) is 17.4. The Morgan fingerprint density at radius 3 is 2.54 bits per heavy atom. The molecule has 1 fully saturated rings. The first-order chi connectivity index (χ1) is 12.4. The molecular formula is C20H28IN5. The lowest BCUT2D eigenvalue weighted by molar-refractivity contribution is 0.340. The predicted octanol–water partition coefficient (Wildman–Crippen LogP) is 4.29. The van der Waals surface area contributed by atoms with Gasteiger partial charge in [0.15, 0.2) is 5.96 Å². The fourth-order valence-corrected chi connectivity index (χ4v) is 3.68. The molecule has 140 valence electrons. The van der Waals surface area contributed by atoms with E-state index in [1.807, 2.05) is 6.07 Å². The van der Waals surface area contributed by atoms with Gasteiger partial charge in [0.2, 0.25) is 0 Å². The largest absolute Gasteiger partial charge is 0.343 e. The zero-order valence-corrected chi connectivity index (χ0v) is 17.6. The highest BCUT2D eigenvalue weighted by Gasteiger charge is 2.16. The SMILES string of the molecule is I.c1ccc(NC(=NCc2cn3c(n2)CCCC3)N2CCCCC2)cc1. The number of aromatic nitrogens is 2. The molecule has 0 spiro atoms. The summed E-state index contributed by atoms with van der Waals surface area (Å²) in [6, 6.07) is 10.3. The molecule has 0 aliphatic carbocycles. The number of benzene rings is 1. The van der Waals surface area contributed by atoms with Gasteiger partial charge in [0.1, 0.15) is 5.82 Å². The lowest BCUT2D eigenvalue weighted by Gasteiger charge is -2.30. The van der Waals surface area contributed by atoms with Crippen molar-refractivity contribution in [1.82, 2.24) is 14.5 Å². The van der Waals surface area contributed by atoms with E-state index in [-0.39, 0.29) is 24.0 Å². The van der Waals surface area contributed by atoms with Gasteiger partial charge in [0.05, 0.1) is 12.2 Å². The number of hydrogen-bond donors (Lipinski definition) is 1. The van der Waals surface area contributed by atoms with E-state index in [1.54, 1.807) is 0 Å². The Hall–Kier alpha value is -1.57. The maximum atomic E-state index is 4.91. The number of fused-ring (bicyclic) bond motifs is 1. The molecule has 0 amide bonds. The topological polar surface area (TPSA) is 45.5 Å². The Balaban J connectivity index is 0.00000196. The second-order valence-electron chi connectivity index (χ2n) is 6.98. The van der Waals surface area contributed by atoms with Gasteiger partial charge in [-0.05, 0) is 44.2 Å². The summed E-state index contributed by atoms with van der Waals surface area (Å²) in [7, 11) is 0. The van der Waals surface area contributed by atoms with E-state index in [1.165, 1.54) is 37.9 Å². The molecule has 2 aromatic rings. The number of rotatable bonds is 3. The van der Waals surface area contributed by atoms with Crippen molar-refractivity contribution in [3.63, 3.8) is 0 Å². The number of aliphatic imine (C=N–C) groups is 1. The summed E-state index contributed by atoms with van der Waals surface area (Å²) >= 11 is 0. The molecule has 1 aromatic heterocycles. The molecule has 0 unspecified atom stereocenters. The van der Waals surface area contributed by atoms with Crippen LogP contribution in [0.2, 0.25) is 0 Å². The van der Waals surface area contributed by atoms with Crippen LogP contribution in [-0.4, -0.2) is 33.5 Å². The van der Waals surface area contributed by atoms with Crippen LogP contribution < -0.4 is 5.32 Å². The zero-order chi connectivity index (χ0) is 16.9. The summed E-state index contributed by atoms with van der Waals surface area (Å²) in [6.07, 6.45) is 9.62. The summed E-state index contributed by atoms with van der Waals surface area (Å²) in [6.45, 7) is 3.91. The summed E-state index contributed by atoms with van der Waals surface area (Å²) < 4.78 is 2.31. The standard InChI is InChI=1S/C20H27N5.HI/c1-3-9-17(10-4-1)23-20(24-12-6-2-7-13-24)21-15-18-16-25-14-8-5-11-19(25)22-18;/h1,3-4,9-10,16H,2,5-8,11-15H2,(H,21,23);1H. The average Bonchev–Trinajstić information content (AvgIpc) is 3.09. The Bertz CT molecular complexity index is 696. The van der Waals surface area contributed by atoms with Gasteiger partial charge in [0.25, 0.3) is 0 Å². The lowest BCUT2D eigenvalue weighted by atomic mass is 10.1. The number of nitrogens with zero attached hydrogens (tertiary/aromatic N) is 4. The summed E-state index contributed by atoms with van der Waals surface area (Å²) in [5, 5.41) is 3.52. The van der Waals surface area contributed by atoms with Gasteiger partial charge in [-0.3, -0.25) is 0 Å². The minimum absolute atomic E-state index is 0. The Kier molecular flexibility index (Phi) is 6.93. The third kappa shape index (κ3) is 4.78. The minimum Gasteiger partial charge on any atom is -0.343 e. The first kappa shape index (κ1) is 19.2. The smallest absolute Gasteiger partial charge is 0.198 e. The number of para-hydroxylation sites is 1. The number of hydrogen-bond acceptors (Lipinski definition) is 2. The molecule has 1 aromatic carbocycles. The van der Waals surface area contributed by atoms with Gasteiger partial charge >= 0.3 is 0 Å². The van der Waals surface area contributed by atoms with E-state index in [2.05, 4.69) is 45.2 Å². The fourth-order valence-electron chi connectivity index (χ4n) is 3.68. The average molecular weight is 465 g/mol. The van der Waals surface area contributed by atoms with Crippen LogP contribution in [-0.2, 0) is 19.5 Å². The molecule has 0 radical (unpaired) electrons. The zero-order valence-electron chi connectivity index (χ0n) is 15.2. The molecule has 0 bridgehead atoms. The molecule has 2 aliphatic rings. The summed E-state index contributed by atoms with van der Waals surface area (Å²) in [5.41, 5.74) is 2.18. The van der Waals surface area contributed by atoms with E-state index >= 15 is 0 Å². The van der Waals surface area contributed by atoms with Crippen LogP contribution in [0.4, 0.5) is 5.69 Å². The van der Waals surface area contributed by atoms with Crippen LogP contribution in [0.3, 0.4) is 0 Å². The molecule has 0 atom stereocenters. The number of halogens is 1. The highest BCUT2D eigenvalue weighted by atomic mass is 127. The second kappa shape index (κ2) is 9.39. The Morgan fingerprint density at radius 2 is 1.77 bits per heavy atom. The van der Waals surface area contributed by atoms with Gasteiger partial charge in [0, 0.05) is 37.9 Å². The van der Waals surface area contributed by atoms with Crippen LogP contribution in [0.25, 0.3) is 0 Å². The predicted molar refractivity (Wildman–Crippen MR) is 117 cm³/mol. The molecule has 26 heavy (non-hydrogen) atoms. The van der Waals surface area contributed by atoms with Crippen LogP contribution in [0.15, 0.2) is 41.5 Å². The first-order valence-corrected chi connectivity index (χ1v) is 9.55. The van der Waals surface area contributed by atoms with Crippen LogP contribution in [0.5, 0.6) is 0 Å². The lowest BCUT2D eigenvalue weighted by Crippen LogP contribution is -2.40. The molecule has 0 saturated carbocycles. The third-order valence-electron chi connectivity index (χ3n) is 5.03. The van der Waals surface area contributed by atoms with Crippen molar-refractivity contribution in [1.29, 1.82) is 0 Å². The first-order valence-electron chi connectivity index (χ1n) is 9.55. The maximum Gasteiger partial charge on any atom is 0.198 e.